The molecule has 0 spiro atoms. The Labute approximate surface area is 160 Å². The molecule has 0 aromatic heterocycles. The Morgan fingerprint density at radius 2 is 1.43 bits per heavy atom. The van der Waals surface area contributed by atoms with E-state index in [0.717, 1.165) is 17.9 Å². The predicted octanol–water partition coefficient (Wildman–Crippen LogP) is 5.93. The summed E-state index contributed by atoms with van der Waals surface area (Å²) in [5.74, 6) is 0. The molecule has 1 atom stereocenters. The van der Waals surface area contributed by atoms with Crippen LogP contribution in [0.15, 0.2) is 48.5 Å². The maximum Gasteiger partial charge on any atom is 0.257 e. The molecule has 1 aliphatic heterocycles. The van der Waals surface area contributed by atoms with Crippen molar-refractivity contribution in [3.8, 4) is 0 Å². The van der Waals surface area contributed by atoms with Crippen molar-refractivity contribution in [2.75, 3.05) is 13.1 Å². The van der Waals surface area contributed by atoms with E-state index in [-0.39, 0.29) is 0 Å². The quantitative estimate of drug-likeness (QED) is 0.477. The van der Waals surface area contributed by atoms with Crippen LogP contribution in [0.4, 0.5) is 11.4 Å². The molecule has 1 heterocycles. The van der Waals surface area contributed by atoms with Crippen molar-refractivity contribution >= 4 is 69.4 Å². The maximum absolute atomic E-state index is 6.29. The van der Waals surface area contributed by atoms with Crippen LogP contribution in [-0.2, 0) is 0 Å². The van der Waals surface area contributed by atoms with Crippen LogP contribution in [0.3, 0.4) is 0 Å². The highest BCUT2D eigenvalue weighted by molar-refractivity contribution is 6.68. The van der Waals surface area contributed by atoms with Gasteiger partial charge in [0.15, 0.2) is 0 Å². The summed E-state index contributed by atoms with van der Waals surface area (Å²) in [7, 11) is 0. The first-order chi connectivity index (χ1) is 10.8. The van der Waals surface area contributed by atoms with Crippen molar-refractivity contribution < 1.29 is 0 Å². The molecule has 0 aliphatic carbocycles. The molecule has 23 heavy (non-hydrogen) atoms. The molecule has 0 bridgehead atoms. The van der Waals surface area contributed by atoms with Crippen LogP contribution in [0.5, 0.6) is 0 Å². The lowest BCUT2D eigenvalue weighted by Gasteiger charge is -2.41. The van der Waals surface area contributed by atoms with Crippen LogP contribution in [-0.4, -0.2) is 23.0 Å². The zero-order chi connectivity index (χ0) is 16.7. The molecule has 0 amide bonds. The topological polar surface area (TPSA) is 12.0 Å². The van der Waals surface area contributed by atoms with E-state index in [1.165, 1.54) is 0 Å². The molecule has 2 aromatic carbocycles. The molecule has 7 heteroatoms. The fourth-order valence-electron chi connectivity index (χ4n) is 3.18. The van der Waals surface area contributed by atoms with E-state index in [2.05, 4.69) is 5.32 Å². The Morgan fingerprint density at radius 3 is 1.87 bits per heavy atom. The summed E-state index contributed by atoms with van der Waals surface area (Å²) in [6.07, 6.45) is -0.454. The number of nitrogens with zero attached hydrogens (tertiary/aromatic N) is 1. The minimum atomic E-state index is -1.50. The third-order valence-corrected chi connectivity index (χ3v) is 5.18. The van der Waals surface area contributed by atoms with Crippen molar-refractivity contribution in [2.45, 2.75) is 9.96 Å². The molecule has 2 aromatic rings. The van der Waals surface area contributed by atoms with Crippen molar-refractivity contribution in [1.29, 1.82) is 0 Å². The van der Waals surface area contributed by atoms with E-state index in [1.807, 2.05) is 48.5 Å². The number of quaternary nitrogens is 1. The molecule has 1 unspecified atom stereocenters. The summed E-state index contributed by atoms with van der Waals surface area (Å²) in [6, 6.07) is 15.2. The molecule has 1 aliphatic rings. The molecule has 3 rings (SSSR count). The first-order valence-corrected chi connectivity index (χ1v) is 8.93. The van der Waals surface area contributed by atoms with Gasteiger partial charge in [0.2, 0.25) is 6.17 Å². The van der Waals surface area contributed by atoms with Crippen LogP contribution in [0.2, 0.25) is 10.0 Å². The summed E-state index contributed by atoms with van der Waals surface area (Å²) in [4.78, 5) is 0. The van der Waals surface area contributed by atoms with E-state index >= 15 is 0 Å². The Hall–Kier alpha value is -0.190. The van der Waals surface area contributed by atoms with E-state index in [0.29, 0.717) is 21.1 Å². The molecule has 1 fully saturated rings. The fraction of sp³-hybridized carbons (Fsp3) is 0.250. The van der Waals surface area contributed by atoms with Gasteiger partial charge in [0.05, 0.1) is 6.54 Å². The number of hydrogen-bond acceptors (Lipinski definition) is 1. The van der Waals surface area contributed by atoms with E-state index in [9.17, 15) is 0 Å². The summed E-state index contributed by atoms with van der Waals surface area (Å²) < 4.78 is -1.17. The smallest absolute Gasteiger partial charge is 0.257 e. The number of benzene rings is 2. The first-order valence-electron chi connectivity index (χ1n) is 7.04. The number of rotatable bonds is 2. The van der Waals surface area contributed by atoms with Crippen molar-refractivity contribution in [3.05, 3.63) is 58.6 Å². The second-order valence-corrected chi connectivity index (χ2v) is 8.69. The lowest BCUT2D eigenvalue weighted by molar-refractivity contribution is 0.340. The molecule has 2 nitrogen and oxygen atoms in total. The van der Waals surface area contributed by atoms with Gasteiger partial charge >= 0.3 is 0 Å². The van der Waals surface area contributed by atoms with Crippen molar-refractivity contribution in [1.82, 2.24) is 9.80 Å². The van der Waals surface area contributed by atoms with Crippen LogP contribution in [0, 0.1) is 0 Å². The largest absolute Gasteiger partial charge is 0.258 e. The SMILES string of the molecule is Clc1cccc([N+]2(c3cccc(Cl)c3)CCNC2C(Cl)(Cl)Cl)c1. The monoisotopic (exact) mass is 409 g/mol. The summed E-state index contributed by atoms with van der Waals surface area (Å²) in [5, 5.41) is 4.59. The minimum Gasteiger partial charge on any atom is -0.258 e. The number of nitrogens with one attached hydrogen (secondary N) is 1. The highest BCUT2D eigenvalue weighted by Crippen LogP contribution is 2.47. The second-order valence-electron chi connectivity index (χ2n) is 5.45. The second kappa shape index (κ2) is 6.61. The van der Waals surface area contributed by atoms with Crippen LogP contribution < -0.4 is 9.80 Å². The van der Waals surface area contributed by atoms with Crippen LogP contribution in [0.1, 0.15) is 0 Å². The van der Waals surface area contributed by atoms with E-state index in [4.69, 9.17) is 58.0 Å². The minimum absolute atomic E-state index is 0.331. The van der Waals surface area contributed by atoms with Gasteiger partial charge in [-0.05, 0) is 24.3 Å². The molecule has 1 N–H and O–H groups in total. The molecule has 0 radical (unpaired) electrons. The van der Waals surface area contributed by atoms with Gasteiger partial charge < -0.3 is 0 Å². The highest BCUT2D eigenvalue weighted by atomic mass is 35.6. The normalized spacial score (nSPS) is 20.7. The van der Waals surface area contributed by atoms with Gasteiger partial charge in [-0.2, -0.15) is 0 Å². The van der Waals surface area contributed by atoms with Crippen molar-refractivity contribution in [2.24, 2.45) is 0 Å². The van der Waals surface area contributed by atoms with Gasteiger partial charge in [-0.1, -0.05) is 70.1 Å². The summed E-state index contributed by atoms with van der Waals surface area (Å²) in [6.45, 7) is 1.43. The van der Waals surface area contributed by atoms with Gasteiger partial charge in [0.1, 0.15) is 17.9 Å². The molecule has 0 saturated carbocycles. The summed E-state index contributed by atoms with van der Waals surface area (Å²) >= 11 is 31.3. The Bertz CT molecular complexity index is 668. The number of halogens is 5. The van der Waals surface area contributed by atoms with Crippen molar-refractivity contribution in [3.63, 3.8) is 0 Å². The van der Waals surface area contributed by atoms with E-state index in [1.54, 1.807) is 0 Å². The third-order valence-electron chi connectivity index (χ3n) is 4.09. The number of hydrogen-bond donors (Lipinski definition) is 1. The fourth-order valence-corrected chi connectivity index (χ4v) is 4.28. The molecule has 1 saturated heterocycles. The highest BCUT2D eigenvalue weighted by Gasteiger charge is 2.55. The zero-order valence-electron chi connectivity index (χ0n) is 11.9. The average Bonchev–Trinajstić information content (AvgIpc) is 2.93. The standard InChI is InChI=1S/C16H14Cl5N2/c17-11-3-1-5-13(9-11)23(14-6-2-4-12(18)10-14)8-7-22-15(23)16(19,20)21/h1-6,9-10,15,22H,7-8H2/q+1. The molecular formula is C16H14Cl5N2+. The van der Waals surface area contributed by atoms with Gasteiger partial charge in [0, 0.05) is 22.2 Å². The lowest BCUT2D eigenvalue weighted by Crippen LogP contribution is -2.58. The lowest BCUT2D eigenvalue weighted by atomic mass is 10.1. The van der Waals surface area contributed by atoms with E-state index < -0.39 is 9.96 Å². The Morgan fingerprint density at radius 1 is 0.913 bits per heavy atom. The Kier molecular flexibility index (Phi) is 5.06. The van der Waals surface area contributed by atoms with Gasteiger partial charge in [-0.25, -0.2) is 4.48 Å². The zero-order valence-corrected chi connectivity index (χ0v) is 15.7. The molecular weight excluding hydrogens is 397 g/mol. The average molecular weight is 412 g/mol. The third kappa shape index (κ3) is 3.32. The predicted molar refractivity (Wildman–Crippen MR) is 101 cm³/mol. The summed E-state index contributed by atoms with van der Waals surface area (Å²) in [5.41, 5.74) is 1.89. The van der Waals surface area contributed by atoms with Gasteiger partial charge in [-0.3, -0.25) is 5.32 Å². The first kappa shape index (κ1) is 17.6. The van der Waals surface area contributed by atoms with Crippen LogP contribution in [0.25, 0.3) is 0 Å². The van der Waals surface area contributed by atoms with Crippen LogP contribution >= 0.6 is 58.0 Å². The maximum atomic E-state index is 6.29. The number of alkyl halides is 3. The van der Waals surface area contributed by atoms with Gasteiger partial charge in [0.25, 0.3) is 3.79 Å². The molecule has 122 valence electrons. The Balaban J connectivity index is 2.26. The van der Waals surface area contributed by atoms with Gasteiger partial charge in [-0.15, -0.1) is 0 Å².